The number of aryl methyl sites for hydroxylation is 6. The molecule has 706 valence electrons. The standard InChI is InChI=1S/C29H31F3N4O6S.C28H29F3N4O6S.C25H24F3N3O5S.C5H10O2.CH4O/c1-18-14-21(26(38)35(3)17-24(37)42-4)15-19(2)23(18)8-13-43(40,41)36-11-9-28(10-12-36)27(39)33-25(34-28)20-6-5-7-22(16-20)29(30,31)32;1-17-13-20(25(38)34(3)16-23(36)37)14-18(2)22(17)7-12-42(40,41)35-10-8-27(9-11-35)26(39)32-24(33-27)19-5-4-6-21(15-19)28(29,30)31;1-15-12-18(22(32)33)13-16(2)20(15)6-11-37(35,36)31-9-7-24(8-10-31)23(34)29-21(30-24)17-4-3-5-19(14-17)25(26,27)28;1-3-4-5(6)7-2;1-2/h5-8,13-16H,9-12,17H2,1-4H3,(H,33,34,39);4-7,12-15H,8-11,16H2,1-3H3,(H,36,37)(H,32,33,39);3-6,11-14H,7-10H2,1-2H3,(H,32,33)(H,29,30,34);3-4H2,1-2H3;2H,1H3/b13-8+;12-7+;11-6+;;. The molecule has 31 nitrogen and oxygen atoms in total. The molecule has 0 saturated carbocycles. The van der Waals surface area contributed by atoms with Gasteiger partial charge in [-0.05, 0) is 228 Å². The van der Waals surface area contributed by atoms with Crippen molar-refractivity contribution in [1.29, 1.82) is 0 Å². The van der Waals surface area contributed by atoms with E-state index in [0.29, 0.717) is 62.1 Å². The molecule has 131 heavy (non-hydrogen) atoms. The predicted molar refractivity (Wildman–Crippen MR) is 466 cm³/mol. The lowest BCUT2D eigenvalue weighted by Crippen LogP contribution is -2.50. The van der Waals surface area contributed by atoms with Gasteiger partial charge in [0.05, 0.1) is 36.5 Å². The van der Waals surface area contributed by atoms with Crippen LogP contribution in [0.5, 0.6) is 0 Å². The summed E-state index contributed by atoms with van der Waals surface area (Å²) in [6, 6.07) is 22.7. The molecule has 6 aromatic carbocycles. The SMILES string of the molecule is CCCC(=O)OC.CO.COC(=O)CN(C)C(=O)c1cc(C)c(/C=C/S(=O)(=O)N2CCC3(CC2)N=C(c2cccc(C(F)(F)F)c2)NC3=O)c(C)c1.Cc1cc(C(=O)N(C)CC(=O)O)cc(C)c1/C=C/S(=O)(=O)N1CCC2(CC1)N=C(c1cccc(C(F)(F)F)c1)NC2=O.Cc1cc(C(=O)O)cc(C)c1/C=C/S(=O)(=O)N1CCC2(CC1)N=C(c1cccc(C(F)(F)F)c1)NC2=O. The Labute approximate surface area is 750 Å². The molecule has 6 heterocycles. The second-order valence-electron chi connectivity index (χ2n) is 31.3. The zero-order valence-corrected chi connectivity index (χ0v) is 75.6. The number of sulfonamides is 3. The summed E-state index contributed by atoms with van der Waals surface area (Å²) in [4.78, 5) is 123. The summed E-state index contributed by atoms with van der Waals surface area (Å²) < 4.78 is 209. The topological polar surface area (TPSA) is 425 Å². The highest BCUT2D eigenvalue weighted by molar-refractivity contribution is 7.92. The number of aliphatic imine (C=N–C) groups is 3. The van der Waals surface area contributed by atoms with Gasteiger partial charge in [0.15, 0.2) is 0 Å². The molecule has 0 radical (unpaired) electrons. The molecule has 6 aliphatic heterocycles. The number of carboxylic acid groups (broad SMARTS) is 2. The average molecular weight is 1900 g/mol. The summed E-state index contributed by atoms with van der Waals surface area (Å²) in [7, 11) is -5.20. The van der Waals surface area contributed by atoms with Gasteiger partial charge in [-0.25, -0.2) is 30.0 Å². The van der Waals surface area contributed by atoms with E-state index in [1.807, 2.05) is 6.92 Å². The lowest BCUT2D eigenvalue weighted by molar-refractivity contribution is -0.141. The molecule has 6 N–H and O–H groups in total. The van der Waals surface area contributed by atoms with Gasteiger partial charge in [-0.2, -0.15) is 52.4 Å². The number of ether oxygens (including phenoxy) is 2. The molecular formula is C88H98F9N11O20S3. The summed E-state index contributed by atoms with van der Waals surface area (Å²) >= 11 is 0. The van der Waals surface area contributed by atoms with E-state index in [1.165, 1.54) is 113 Å². The van der Waals surface area contributed by atoms with Crippen LogP contribution < -0.4 is 16.0 Å². The minimum atomic E-state index is -4.56. The van der Waals surface area contributed by atoms with E-state index < -0.39 is 136 Å². The van der Waals surface area contributed by atoms with Crippen LogP contribution in [0.15, 0.2) is 140 Å². The lowest BCUT2D eigenvalue weighted by atomic mass is 9.89. The molecule has 0 unspecified atom stereocenters. The van der Waals surface area contributed by atoms with E-state index in [9.17, 15) is 113 Å². The molecule has 0 atom stereocenters. The number of halogens is 9. The molecule has 12 rings (SSSR count). The molecule has 0 aliphatic carbocycles. The highest BCUT2D eigenvalue weighted by atomic mass is 32.2. The number of hydrogen-bond acceptors (Lipinski definition) is 21. The Kier molecular flexibility index (Phi) is 33.7. The number of rotatable bonds is 21. The molecule has 3 saturated heterocycles. The number of alkyl halides is 9. The number of aliphatic hydroxyl groups is 1. The number of aliphatic carboxylic acids is 1. The number of esters is 2. The normalized spacial score (nSPS) is 16.9. The zero-order valence-electron chi connectivity index (χ0n) is 73.2. The van der Waals surface area contributed by atoms with Gasteiger partial charge in [-0.3, -0.25) is 53.3 Å². The second kappa shape index (κ2) is 42.4. The maximum atomic E-state index is 13.2. The van der Waals surface area contributed by atoms with E-state index >= 15 is 0 Å². The van der Waals surface area contributed by atoms with Crippen LogP contribution in [0.3, 0.4) is 0 Å². The van der Waals surface area contributed by atoms with Gasteiger partial charge < -0.3 is 50.5 Å². The highest BCUT2D eigenvalue weighted by Gasteiger charge is 2.51. The van der Waals surface area contributed by atoms with Crippen molar-refractivity contribution >= 4 is 119 Å². The number of piperidine rings is 3. The third-order valence-corrected chi connectivity index (χ3v) is 26.8. The summed E-state index contributed by atoms with van der Waals surface area (Å²) in [5.74, 6) is -5.16. The minimum absolute atomic E-state index is 0.00458. The van der Waals surface area contributed by atoms with E-state index in [-0.39, 0.29) is 136 Å². The van der Waals surface area contributed by atoms with Crippen molar-refractivity contribution in [3.8, 4) is 0 Å². The van der Waals surface area contributed by atoms with Crippen LogP contribution in [0.4, 0.5) is 39.5 Å². The number of amidine groups is 3. The Morgan fingerprint density at radius 2 is 0.695 bits per heavy atom. The number of nitrogens with one attached hydrogen (secondary N) is 3. The van der Waals surface area contributed by atoms with Crippen molar-refractivity contribution in [3.63, 3.8) is 0 Å². The minimum Gasteiger partial charge on any atom is -0.480 e. The van der Waals surface area contributed by atoms with Crippen molar-refractivity contribution in [3.05, 3.63) is 226 Å². The van der Waals surface area contributed by atoms with E-state index in [0.717, 1.165) is 71.1 Å². The van der Waals surface area contributed by atoms with Crippen LogP contribution in [0.2, 0.25) is 0 Å². The second-order valence-corrected chi connectivity index (χ2v) is 36.8. The predicted octanol–water partition coefficient (Wildman–Crippen LogP) is 10.8. The third kappa shape index (κ3) is 25.7. The van der Waals surface area contributed by atoms with Crippen LogP contribution in [0.25, 0.3) is 18.2 Å². The first kappa shape index (κ1) is 104. The van der Waals surface area contributed by atoms with E-state index in [1.54, 1.807) is 65.8 Å². The molecule has 6 aliphatic rings. The van der Waals surface area contributed by atoms with Gasteiger partial charge in [0.1, 0.15) is 47.2 Å². The van der Waals surface area contributed by atoms with E-state index in [4.69, 9.17) is 10.2 Å². The number of carboxylic acids is 2. The molecular weight excluding hydrogens is 1800 g/mol. The maximum absolute atomic E-state index is 13.2. The average Bonchev–Trinajstić information content (AvgIpc) is 1.60. The summed E-state index contributed by atoms with van der Waals surface area (Å²) in [6.07, 6.45) is -7.60. The summed E-state index contributed by atoms with van der Waals surface area (Å²) in [6.45, 7) is 11.4. The van der Waals surface area contributed by atoms with Gasteiger partial charge in [-0.15, -0.1) is 0 Å². The number of carbonyl (C=O) groups excluding carboxylic acids is 7. The van der Waals surface area contributed by atoms with Crippen LogP contribution in [-0.4, -0.2) is 239 Å². The zero-order chi connectivity index (χ0) is 97.6. The summed E-state index contributed by atoms with van der Waals surface area (Å²) in [5, 5.41) is 35.9. The van der Waals surface area contributed by atoms with Crippen molar-refractivity contribution in [1.82, 2.24) is 38.7 Å². The molecule has 0 aromatic heterocycles. The van der Waals surface area contributed by atoms with Crippen molar-refractivity contribution in [2.24, 2.45) is 15.0 Å². The molecule has 43 heteroatoms. The van der Waals surface area contributed by atoms with Crippen molar-refractivity contribution in [2.75, 3.05) is 87.8 Å². The van der Waals surface area contributed by atoms with Gasteiger partial charge in [0.2, 0.25) is 30.1 Å². The molecule has 6 aromatic rings. The van der Waals surface area contributed by atoms with Crippen LogP contribution in [0.1, 0.15) is 173 Å². The van der Waals surface area contributed by atoms with Crippen LogP contribution in [-0.2, 0) is 86.8 Å². The Morgan fingerprint density at radius 3 is 0.924 bits per heavy atom. The molecule has 5 amide bonds. The lowest BCUT2D eigenvalue weighted by Gasteiger charge is -2.34. The van der Waals surface area contributed by atoms with Gasteiger partial charge in [0.25, 0.3) is 29.5 Å². The van der Waals surface area contributed by atoms with Crippen molar-refractivity contribution < 1.29 is 133 Å². The summed E-state index contributed by atoms with van der Waals surface area (Å²) in [5.41, 5.74) is 0.204. The quantitative estimate of drug-likeness (QED) is 0.0288. The third-order valence-electron chi connectivity index (χ3n) is 22.1. The number of nitrogens with zero attached hydrogens (tertiary/aromatic N) is 8. The van der Waals surface area contributed by atoms with Crippen molar-refractivity contribution in [2.45, 2.75) is 135 Å². The number of likely N-dealkylation sites (N-methyl/N-ethyl adjacent to an activating group) is 2. The van der Waals surface area contributed by atoms with Gasteiger partial charge in [0, 0.05) is 111 Å². The largest absolute Gasteiger partial charge is 0.480 e. The molecule has 3 spiro atoms. The van der Waals surface area contributed by atoms with Gasteiger partial charge in [-0.1, -0.05) is 43.3 Å². The number of benzene rings is 6. The number of methoxy groups -OCH3 is 2. The number of aromatic carboxylic acids is 1. The molecule has 0 bridgehead atoms. The first-order valence-corrected chi connectivity index (χ1v) is 44.8. The Morgan fingerprint density at radius 1 is 0.435 bits per heavy atom. The Hall–Kier alpha value is -12.2. The first-order chi connectivity index (χ1) is 61.1. The number of carbonyl (C=O) groups is 9. The fraction of sp³-hybridized carbons (Fsp3) is 0.386. The fourth-order valence-corrected chi connectivity index (χ4v) is 18.5. The fourth-order valence-electron chi connectivity index (χ4n) is 15.0. The Bertz CT molecular complexity index is 5900. The highest BCUT2D eigenvalue weighted by Crippen LogP contribution is 2.40. The number of aliphatic hydroxyl groups excluding tert-OH is 1. The monoisotopic (exact) mass is 1900 g/mol. The number of hydrogen-bond donors (Lipinski definition) is 6. The smallest absolute Gasteiger partial charge is 0.416 e. The van der Waals surface area contributed by atoms with Gasteiger partial charge >= 0.3 is 42.4 Å². The van der Waals surface area contributed by atoms with Crippen LogP contribution >= 0.6 is 0 Å². The Balaban J connectivity index is 0.000000232. The van der Waals surface area contributed by atoms with E-state index in [2.05, 4.69) is 40.4 Å². The van der Waals surface area contributed by atoms with Crippen LogP contribution in [0, 0.1) is 41.5 Å². The first-order valence-electron chi connectivity index (χ1n) is 40.3. The maximum Gasteiger partial charge on any atom is 0.416 e. The molecule has 3 fully saturated rings. The number of amides is 5.